The summed E-state index contributed by atoms with van der Waals surface area (Å²) in [7, 11) is -3.54. The minimum atomic E-state index is -3.54. The normalized spacial score (nSPS) is 17.2. The minimum absolute atomic E-state index is 0.00997. The number of hydrogen-bond donors (Lipinski definition) is 2. The molecule has 3 aromatic rings. The number of nitrogens with zero attached hydrogens (tertiary/aromatic N) is 3. The number of carbonyl (C=O) groups excluding carboxylic acids is 1. The van der Waals surface area contributed by atoms with Crippen molar-refractivity contribution >= 4 is 50.5 Å². The first-order chi connectivity index (χ1) is 20.4. The summed E-state index contributed by atoms with van der Waals surface area (Å²) in [5.41, 5.74) is 4.84. The standard InChI is InChI=1S/C32H40ClN5O4S/c1-18(2)31(39)38-13-11-22(12-14-38)28-20(5)15-26(29-23(28)16-21(6)42-29)36-32-34-17-24(33)30(37-32)35-25-9-7-8-10-27(25)43(40,41)19(3)4/h7-10,15,17-19,21-22H,11-14,16H2,1-6H3,(H2,34,35,36,37)/t21-/m1/s1. The molecule has 1 aromatic heterocycles. The molecule has 0 radical (unpaired) electrons. The molecule has 2 aliphatic heterocycles. The van der Waals surface area contributed by atoms with Gasteiger partial charge in [0, 0.05) is 31.0 Å². The third-order valence-electron chi connectivity index (χ3n) is 8.21. The van der Waals surface area contributed by atoms with E-state index >= 15 is 0 Å². The predicted octanol–water partition coefficient (Wildman–Crippen LogP) is 6.79. The molecule has 0 spiro atoms. The number of hydrogen-bond acceptors (Lipinski definition) is 8. The molecule has 9 nitrogen and oxygen atoms in total. The lowest BCUT2D eigenvalue weighted by Crippen LogP contribution is -2.40. The van der Waals surface area contributed by atoms with E-state index in [1.165, 1.54) is 17.3 Å². The van der Waals surface area contributed by atoms with Gasteiger partial charge in [0.1, 0.15) is 16.9 Å². The second-order valence-electron chi connectivity index (χ2n) is 12.1. The Morgan fingerprint density at radius 1 is 1.09 bits per heavy atom. The van der Waals surface area contributed by atoms with Crippen molar-refractivity contribution in [2.75, 3.05) is 23.7 Å². The summed E-state index contributed by atoms with van der Waals surface area (Å²) in [4.78, 5) is 23.7. The molecule has 1 fully saturated rings. The maximum Gasteiger partial charge on any atom is 0.229 e. The van der Waals surface area contributed by atoms with Gasteiger partial charge in [0.2, 0.25) is 11.9 Å². The van der Waals surface area contributed by atoms with Crippen LogP contribution in [0.2, 0.25) is 5.02 Å². The number of rotatable bonds is 8. The maximum atomic E-state index is 13.0. The number of amides is 1. The zero-order valence-corrected chi connectivity index (χ0v) is 27.1. The van der Waals surface area contributed by atoms with E-state index < -0.39 is 15.1 Å². The van der Waals surface area contributed by atoms with Crippen molar-refractivity contribution in [2.45, 2.75) is 83.0 Å². The monoisotopic (exact) mass is 625 g/mol. The molecule has 230 valence electrons. The number of nitrogens with one attached hydrogen (secondary N) is 2. The lowest BCUT2D eigenvalue weighted by atomic mass is 9.82. The lowest BCUT2D eigenvalue weighted by molar-refractivity contribution is -0.135. The van der Waals surface area contributed by atoms with Crippen molar-refractivity contribution in [3.63, 3.8) is 0 Å². The van der Waals surface area contributed by atoms with Gasteiger partial charge < -0.3 is 20.3 Å². The van der Waals surface area contributed by atoms with E-state index in [2.05, 4.69) is 40.5 Å². The van der Waals surface area contributed by atoms with Crippen molar-refractivity contribution in [3.05, 3.63) is 58.2 Å². The summed E-state index contributed by atoms with van der Waals surface area (Å²) >= 11 is 6.46. The first-order valence-electron chi connectivity index (χ1n) is 14.9. The number of halogens is 1. The van der Waals surface area contributed by atoms with Crippen molar-refractivity contribution in [3.8, 4) is 5.75 Å². The number of likely N-dealkylation sites (tertiary alicyclic amines) is 1. The maximum absolute atomic E-state index is 13.0. The summed E-state index contributed by atoms with van der Waals surface area (Å²) in [5.74, 6) is 1.98. The second-order valence-corrected chi connectivity index (χ2v) is 15.0. The summed E-state index contributed by atoms with van der Waals surface area (Å²) in [5, 5.41) is 6.11. The largest absolute Gasteiger partial charge is 0.488 e. The van der Waals surface area contributed by atoms with Crippen LogP contribution in [0.5, 0.6) is 5.75 Å². The third-order valence-corrected chi connectivity index (χ3v) is 10.7. The summed E-state index contributed by atoms with van der Waals surface area (Å²) < 4.78 is 32.3. The van der Waals surface area contributed by atoms with E-state index in [1.54, 1.807) is 38.1 Å². The third kappa shape index (κ3) is 6.31. The molecule has 2 aliphatic rings. The summed E-state index contributed by atoms with van der Waals surface area (Å²) in [6, 6.07) is 8.79. The van der Waals surface area contributed by atoms with Crippen LogP contribution in [0.4, 0.5) is 23.1 Å². The van der Waals surface area contributed by atoms with Gasteiger partial charge in [-0.3, -0.25) is 4.79 Å². The molecule has 0 unspecified atom stereocenters. The first kappa shape index (κ1) is 31.1. The van der Waals surface area contributed by atoms with Gasteiger partial charge in [-0.2, -0.15) is 4.98 Å². The molecule has 1 atom stereocenters. The topological polar surface area (TPSA) is 114 Å². The van der Waals surface area contributed by atoms with E-state index in [0.29, 0.717) is 17.6 Å². The van der Waals surface area contributed by atoms with Gasteiger partial charge in [-0.1, -0.05) is 37.6 Å². The number of aryl methyl sites for hydroxylation is 1. The fourth-order valence-electron chi connectivity index (χ4n) is 6.00. The number of anilines is 4. The molecular formula is C32H40ClN5O4S. The van der Waals surface area contributed by atoms with Crippen LogP contribution >= 0.6 is 11.6 Å². The predicted molar refractivity (Wildman–Crippen MR) is 171 cm³/mol. The molecule has 2 N–H and O–H groups in total. The highest BCUT2D eigenvalue weighted by Crippen LogP contribution is 2.46. The first-order valence-corrected chi connectivity index (χ1v) is 16.8. The molecule has 0 aliphatic carbocycles. The number of aromatic nitrogens is 2. The molecule has 2 aromatic carbocycles. The molecule has 11 heteroatoms. The van der Waals surface area contributed by atoms with Gasteiger partial charge >= 0.3 is 0 Å². The van der Waals surface area contributed by atoms with Crippen LogP contribution in [0, 0.1) is 12.8 Å². The molecule has 1 amide bonds. The van der Waals surface area contributed by atoms with Crippen LogP contribution in [-0.2, 0) is 21.1 Å². The minimum Gasteiger partial charge on any atom is -0.488 e. The molecule has 5 rings (SSSR count). The van der Waals surface area contributed by atoms with Crippen molar-refractivity contribution in [2.24, 2.45) is 5.92 Å². The fourth-order valence-corrected chi connectivity index (χ4v) is 7.34. The Morgan fingerprint density at radius 3 is 2.47 bits per heavy atom. The SMILES string of the molecule is Cc1cc(Nc2ncc(Cl)c(Nc3ccccc3S(=O)(=O)C(C)C)n2)c2c(c1C1CCN(C(=O)C(C)C)CC1)C[C@@H](C)O2. The number of piperidine rings is 1. The second kappa shape index (κ2) is 12.3. The van der Waals surface area contributed by atoms with Crippen LogP contribution in [-0.4, -0.2) is 53.6 Å². The molecule has 3 heterocycles. The van der Waals surface area contributed by atoms with Gasteiger partial charge in [0.05, 0.1) is 27.7 Å². The van der Waals surface area contributed by atoms with E-state index in [4.69, 9.17) is 16.3 Å². The molecular weight excluding hydrogens is 586 g/mol. The Bertz CT molecular complexity index is 1630. The molecule has 1 saturated heterocycles. The van der Waals surface area contributed by atoms with Crippen LogP contribution in [0.25, 0.3) is 0 Å². The van der Waals surface area contributed by atoms with E-state index in [9.17, 15) is 13.2 Å². The van der Waals surface area contributed by atoms with Gasteiger partial charge in [0.15, 0.2) is 15.7 Å². The number of benzene rings is 2. The fraction of sp³-hybridized carbons (Fsp3) is 0.469. The van der Waals surface area contributed by atoms with Crippen molar-refractivity contribution < 1.29 is 17.9 Å². The Kier molecular flexibility index (Phi) is 8.90. The van der Waals surface area contributed by atoms with Gasteiger partial charge in [-0.15, -0.1) is 0 Å². The molecule has 0 saturated carbocycles. The van der Waals surface area contributed by atoms with Crippen LogP contribution in [0.15, 0.2) is 41.4 Å². The van der Waals surface area contributed by atoms with Crippen molar-refractivity contribution in [1.82, 2.24) is 14.9 Å². The van der Waals surface area contributed by atoms with Crippen LogP contribution in [0.1, 0.15) is 70.1 Å². The molecule has 0 bridgehead atoms. The Hall–Kier alpha value is -3.37. The highest BCUT2D eigenvalue weighted by Gasteiger charge is 2.33. The Labute approximate surface area is 259 Å². The number of carbonyl (C=O) groups is 1. The number of ether oxygens (including phenoxy) is 1. The van der Waals surface area contributed by atoms with Gasteiger partial charge in [0.25, 0.3) is 0 Å². The zero-order chi connectivity index (χ0) is 31.1. The quantitative estimate of drug-likeness (QED) is 0.281. The highest BCUT2D eigenvalue weighted by molar-refractivity contribution is 7.92. The lowest BCUT2D eigenvalue weighted by Gasteiger charge is -2.34. The average Bonchev–Trinajstić information content (AvgIpc) is 3.36. The summed E-state index contributed by atoms with van der Waals surface area (Å²) in [6.07, 6.45) is 4.17. The Balaban J connectivity index is 1.42. The zero-order valence-electron chi connectivity index (χ0n) is 25.6. The van der Waals surface area contributed by atoms with E-state index in [-0.39, 0.29) is 33.7 Å². The van der Waals surface area contributed by atoms with E-state index in [1.807, 2.05) is 18.7 Å². The number of fused-ring (bicyclic) bond motifs is 1. The smallest absolute Gasteiger partial charge is 0.229 e. The highest BCUT2D eigenvalue weighted by atomic mass is 35.5. The molecule has 43 heavy (non-hydrogen) atoms. The summed E-state index contributed by atoms with van der Waals surface area (Å²) in [6.45, 7) is 12.9. The number of sulfone groups is 1. The number of para-hydroxylation sites is 1. The van der Waals surface area contributed by atoms with E-state index in [0.717, 1.165) is 49.4 Å². The van der Waals surface area contributed by atoms with Crippen LogP contribution in [0.3, 0.4) is 0 Å². The van der Waals surface area contributed by atoms with Crippen molar-refractivity contribution in [1.29, 1.82) is 0 Å². The van der Waals surface area contributed by atoms with Crippen LogP contribution < -0.4 is 15.4 Å². The van der Waals surface area contributed by atoms with Gasteiger partial charge in [-0.25, -0.2) is 13.4 Å². The Morgan fingerprint density at radius 2 is 1.79 bits per heavy atom. The van der Waals surface area contributed by atoms with Gasteiger partial charge in [-0.05, 0) is 75.8 Å². The average molecular weight is 626 g/mol.